The summed E-state index contributed by atoms with van der Waals surface area (Å²) in [6.45, 7) is 12.0. The number of hydrogen-bond acceptors (Lipinski definition) is 5. The maximum absolute atomic E-state index is 6.12. The molecule has 0 unspecified atom stereocenters. The fourth-order valence-corrected chi connectivity index (χ4v) is 2.48. The van der Waals surface area contributed by atoms with Crippen LogP contribution in [0.4, 0.5) is 17.3 Å². The summed E-state index contributed by atoms with van der Waals surface area (Å²) in [7, 11) is 0. The largest absolute Gasteiger partial charge is 0.382 e. The van der Waals surface area contributed by atoms with Gasteiger partial charge in [-0.15, -0.1) is 10.2 Å². The highest BCUT2D eigenvalue weighted by atomic mass is 79.9. The molecule has 7 nitrogen and oxygen atoms in total. The molecule has 0 amide bonds. The molecular formula is C14H22BrN7. The molecular weight excluding hydrogens is 346 g/mol. The molecule has 0 fully saturated rings. The predicted octanol–water partition coefficient (Wildman–Crippen LogP) is 4.62. The summed E-state index contributed by atoms with van der Waals surface area (Å²) in [5, 5.41) is 17.6. The number of rotatable bonds is 4. The van der Waals surface area contributed by atoms with Crippen molar-refractivity contribution in [2.24, 2.45) is 10.2 Å². The molecule has 0 spiro atoms. The van der Waals surface area contributed by atoms with Gasteiger partial charge in [-0.25, -0.2) is 9.36 Å². The zero-order chi connectivity index (χ0) is 16.6. The molecule has 0 aliphatic carbocycles. The molecule has 22 heavy (non-hydrogen) atoms. The molecule has 0 aliphatic heterocycles. The van der Waals surface area contributed by atoms with Gasteiger partial charge >= 0.3 is 0 Å². The maximum atomic E-state index is 6.12. The molecule has 0 aliphatic rings. The number of nitrogens with two attached hydrogens (primary N) is 1. The van der Waals surface area contributed by atoms with E-state index in [1.807, 2.05) is 46.2 Å². The Labute approximate surface area is 138 Å². The Bertz CT molecular complexity index is 709. The van der Waals surface area contributed by atoms with E-state index >= 15 is 0 Å². The summed E-state index contributed by atoms with van der Waals surface area (Å²) >= 11 is 3.52. The van der Waals surface area contributed by atoms with Crippen LogP contribution in [0.2, 0.25) is 0 Å². The second-order valence-electron chi connectivity index (χ2n) is 5.82. The average Bonchev–Trinajstić information content (AvgIpc) is 2.87. The lowest BCUT2D eigenvalue weighted by molar-refractivity contribution is 0.531. The van der Waals surface area contributed by atoms with E-state index in [4.69, 9.17) is 5.73 Å². The van der Waals surface area contributed by atoms with Crippen LogP contribution >= 0.6 is 15.9 Å². The standard InChI is InChI=1S/C14H22BrN7/c1-7(2)21-13(16)12(10(6)20-21)17-18-14-11(15)9(5)19-22(14)8(3)4/h7-8H,16H2,1-6H3. The zero-order valence-electron chi connectivity index (χ0n) is 13.8. The van der Waals surface area contributed by atoms with Crippen molar-refractivity contribution >= 4 is 33.3 Å². The number of aryl methyl sites for hydroxylation is 2. The van der Waals surface area contributed by atoms with Crippen molar-refractivity contribution in [2.45, 2.75) is 53.6 Å². The minimum Gasteiger partial charge on any atom is -0.382 e. The summed E-state index contributed by atoms with van der Waals surface area (Å²) in [6.07, 6.45) is 0. The van der Waals surface area contributed by atoms with Gasteiger partial charge < -0.3 is 5.73 Å². The quantitative estimate of drug-likeness (QED) is 0.799. The van der Waals surface area contributed by atoms with E-state index in [-0.39, 0.29) is 12.1 Å². The van der Waals surface area contributed by atoms with Gasteiger partial charge in [-0.3, -0.25) is 0 Å². The topological polar surface area (TPSA) is 86.4 Å². The summed E-state index contributed by atoms with van der Waals surface area (Å²) in [4.78, 5) is 0. The maximum Gasteiger partial charge on any atom is 0.187 e. The molecule has 0 saturated heterocycles. The molecule has 0 saturated carbocycles. The van der Waals surface area contributed by atoms with Gasteiger partial charge in [0.1, 0.15) is 5.82 Å². The second kappa shape index (κ2) is 6.20. The number of aromatic nitrogens is 4. The van der Waals surface area contributed by atoms with Crippen LogP contribution in [0.3, 0.4) is 0 Å². The first-order valence-electron chi connectivity index (χ1n) is 7.25. The second-order valence-corrected chi connectivity index (χ2v) is 6.61. The van der Waals surface area contributed by atoms with Gasteiger partial charge in [0.2, 0.25) is 0 Å². The van der Waals surface area contributed by atoms with Gasteiger partial charge in [-0.1, -0.05) is 0 Å². The molecule has 2 aromatic rings. The monoisotopic (exact) mass is 367 g/mol. The van der Waals surface area contributed by atoms with Crippen LogP contribution in [0.25, 0.3) is 0 Å². The third-order valence-electron chi connectivity index (χ3n) is 3.30. The molecule has 2 heterocycles. The minimum absolute atomic E-state index is 0.179. The SMILES string of the molecule is Cc1nn(C(C)C)c(N=Nc2c(C)nn(C(C)C)c2N)c1Br. The number of nitrogen functional groups attached to an aromatic ring is 1. The van der Waals surface area contributed by atoms with Crippen molar-refractivity contribution in [1.82, 2.24) is 19.6 Å². The van der Waals surface area contributed by atoms with Crippen LogP contribution in [-0.4, -0.2) is 19.6 Å². The van der Waals surface area contributed by atoms with E-state index in [2.05, 4.69) is 36.4 Å². The first kappa shape index (κ1) is 16.7. The van der Waals surface area contributed by atoms with Crippen molar-refractivity contribution in [1.29, 1.82) is 0 Å². The summed E-state index contributed by atoms with van der Waals surface area (Å²) < 4.78 is 4.43. The number of anilines is 1. The first-order chi connectivity index (χ1) is 10.2. The van der Waals surface area contributed by atoms with E-state index in [9.17, 15) is 0 Å². The van der Waals surface area contributed by atoms with Crippen molar-refractivity contribution in [2.75, 3.05) is 5.73 Å². The van der Waals surface area contributed by atoms with Gasteiger partial charge in [0.25, 0.3) is 0 Å². The Morgan fingerprint density at radius 1 is 0.955 bits per heavy atom. The molecule has 2 N–H and O–H groups in total. The van der Waals surface area contributed by atoms with Crippen molar-refractivity contribution < 1.29 is 0 Å². The van der Waals surface area contributed by atoms with E-state index in [1.165, 1.54) is 0 Å². The fourth-order valence-electron chi connectivity index (χ4n) is 2.14. The Balaban J connectivity index is 2.46. The number of halogens is 1. The summed E-state index contributed by atoms with van der Waals surface area (Å²) in [5.74, 6) is 1.21. The van der Waals surface area contributed by atoms with Gasteiger partial charge in [0.05, 0.1) is 15.9 Å². The molecule has 0 bridgehead atoms. The van der Waals surface area contributed by atoms with Gasteiger partial charge in [-0.05, 0) is 57.5 Å². The Morgan fingerprint density at radius 2 is 1.50 bits per heavy atom. The highest BCUT2D eigenvalue weighted by Crippen LogP contribution is 2.34. The third-order valence-corrected chi connectivity index (χ3v) is 4.23. The van der Waals surface area contributed by atoms with E-state index in [1.54, 1.807) is 4.68 Å². The van der Waals surface area contributed by atoms with Gasteiger partial charge in [0.15, 0.2) is 11.5 Å². The number of azo groups is 1. The Morgan fingerprint density at radius 3 is 2.00 bits per heavy atom. The summed E-state index contributed by atoms with van der Waals surface area (Å²) in [6, 6.07) is 0.369. The van der Waals surface area contributed by atoms with E-state index < -0.39 is 0 Å². The lowest BCUT2D eigenvalue weighted by Gasteiger charge is -2.07. The highest BCUT2D eigenvalue weighted by molar-refractivity contribution is 9.10. The lowest BCUT2D eigenvalue weighted by atomic mass is 10.4. The molecule has 2 rings (SSSR count). The molecule has 0 atom stereocenters. The third kappa shape index (κ3) is 2.92. The van der Waals surface area contributed by atoms with Crippen LogP contribution in [0, 0.1) is 13.8 Å². The van der Waals surface area contributed by atoms with Crippen molar-refractivity contribution in [3.05, 3.63) is 15.9 Å². The minimum atomic E-state index is 0.179. The average molecular weight is 368 g/mol. The van der Waals surface area contributed by atoms with Crippen LogP contribution < -0.4 is 5.73 Å². The smallest absolute Gasteiger partial charge is 0.187 e. The Hall–Kier alpha value is -1.70. The number of hydrogen-bond donors (Lipinski definition) is 1. The van der Waals surface area contributed by atoms with Gasteiger partial charge in [-0.2, -0.15) is 10.2 Å². The zero-order valence-corrected chi connectivity index (χ0v) is 15.4. The molecule has 0 radical (unpaired) electrons. The van der Waals surface area contributed by atoms with Gasteiger partial charge in [0, 0.05) is 12.1 Å². The van der Waals surface area contributed by atoms with Crippen LogP contribution in [0.15, 0.2) is 14.7 Å². The Kier molecular flexibility index (Phi) is 4.69. The highest BCUT2D eigenvalue weighted by Gasteiger charge is 2.17. The number of nitrogens with zero attached hydrogens (tertiary/aromatic N) is 6. The van der Waals surface area contributed by atoms with Crippen molar-refractivity contribution in [3.8, 4) is 0 Å². The molecule has 8 heteroatoms. The lowest BCUT2D eigenvalue weighted by Crippen LogP contribution is -2.06. The van der Waals surface area contributed by atoms with E-state index in [0.29, 0.717) is 17.3 Å². The fraction of sp³-hybridized carbons (Fsp3) is 0.571. The predicted molar refractivity (Wildman–Crippen MR) is 91.0 cm³/mol. The summed E-state index contributed by atoms with van der Waals surface area (Å²) in [5.41, 5.74) is 8.37. The molecule has 0 aromatic carbocycles. The van der Waals surface area contributed by atoms with Crippen LogP contribution in [-0.2, 0) is 0 Å². The normalized spacial score (nSPS) is 12.2. The van der Waals surface area contributed by atoms with Crippen molar-refractivity contribution in [3.63, 3.8) is 0 Å². The van der Waals surface area contributed by atoms with Crippen LogP contribution in [0.1, 0.15) is 51.2 Å². The van der Waals surface area contributed by atoms with Crippen LogP contribution in [0.5, 0.6) is 0 Å². The van der Waals surface area contributed by atoms with E-state index in [0.717, 1.165) is 15.9 Å². The first-order valence-corrected chi connectivity index (χ1v) is 8.04. The molecule has 120 valence electrons. The molecule has 2 aromatic heterocycles.